The van der Waals surface area contributed by atoms with Gasteiger partial charge in [-0.3, -0.25) is 0 Å². The minimum Gasteiger partial charge on any atom is -1.00 e. The second-order valence-corrected chi connectivity index (χ2v) is 2.03. The Morgan fingerprint density at radius 2 is 1.82 bits per heavy atom. The first-order valence-electron chi connectivity index (χ1n) is 3.03. The van der Waals surface area contributed by atoms with E-state index < -0.39 is 5.97 Å². The average molecular weight is 171 g/mol. The number of benzene rings is 1. The molecule has 0 fully saturated rings. The largest absolute Gasteiger partial charge is 1.00 e. The van der Waals surface area contributed by atoms with Crippen molar-refractivity contribution in [1.29, 1.82) is 0 Å². The van der Waals surface area contributed by atoms with Crippen LogP contribution in [-0.4, -0.2) is 5.97 Å². The number of carbonyl (C=O) groups is 1. The third-order valence-electron chi connectivity index (χ3n) is 1.19. The molecule has 3 heteroatoms. The summed E-state index contributed by atoms with van der Waals surface area (Å²) in [5.74, 6) is -1.04. The van der Waals surface area contributed by atoms with E-state index in [1.165, 1.54) is 0 Å². The van der Waals surface area contributed by atoms with Crippen molar-refractivity contribution in [2.24, 2.45) is 0 Å². The zero-order valence-electron chi connectivity index (χ0n) is 5.79. The van der Waals surface area contributed by atoms with Crippen molar-refractivity contribution in [3.8, 4) is 0 Å². The van der Waals surface area contributed by atoms with Gasteiger partial charge in [-0.15, -0.1) is 0 Å². The molecule has 0 heterocycles. The van der Waals surface area contributed by atoms with Gasteiger partial charge in [0.2, 0.25) is 0 Å². The number of rotatable bonds is 2. The summed E-state index contributed by atoms with van der Waals surface area (Å²) in [6, 6.07) is 8.97. The van der Waals surface area contributed by atoms with E-state index in [0.29, 0.717) is 0 Å². The van der Waals surface area contributed by atoms with Crippen molar-refractivity contribution in [2.75, 3.05) is 0 Å². The third-order valence-corrected chi connectivity index (χ3v) is 1.19. The van der Waals surface area contributed by atoms with Crippen LogP contribution in [0.4, 0.5) is 0 Å². The first-order valence-corrected chi connectivity index (χ1v) is 3.03. The molecule has 0 aromatic heterocycles. The predicted octanol–water partition coefficient (Wildman–Crippen LogP) is -3.02. The molecule has 0 N–H and O–H groups in total. The van der Waals surface area contributed by atoms with Gasteiger partial charge in [0.05, 0.1) is 0 Å². The van der Waals surface area contributed by atoms with E-state index in [0.717, 1.165) is 5.56 Å². The molecule has 60 valence electrons. The summed E-state index contributed by atoms with van der Waals surface area (Å²) >= 11 is 0. The number of carbonyl (C=O) groups excluding carboxylic acids is 1. The molecule has 11 heavy (non-hydrogen) atoms. The highest BCUT2D eigenvalue weighted by molar-refractivity contribution is 5.67. The standard InChI is InChI=1S/C8H8O2.ClH/c9-8(10)6-7-4-2-1-3-5-7;/h1-5H,6H2,(H,9,10);1H/p-2. The molecule has 0 saturated heterocycles. The SMILES string of the molecule is O=C([O-])Cc1ccccc1.[Cl-]. The van der Waals surface area contributed by atoms with E-state index in [2.05, 4.69) is 0 Å². The number of hydrogen-bond acceptors (Lipinski definition) is 2. The molecule has 0 saturated carbocycles. The summed E-state index contributed by atoms with van der Waals surface area (Å²) in [6.45, 7) is 0. The second kappa shape index (κ2) is 4.74. The van der Waals surface area contributed by atoms with Crippen LogP contribution in [0.2, 0.25) is 0 Å². The van der Waals surface area contributed by atoms with Gasteiger partial charge in [0.1, 0.15) is 0 Å². The molecular weight excluding hydrogens is 164 g/mol. The fourth-order valence-corrected chi connectivity index (χ4v) is 0.763. The summed E-state index contributed by atoms with van der Waals surface area (Å²) < 4.78 is 0. The first kappa shape index (κ1) is 9.98. The number of carboxylic acid groups (broad SMARTS) is 1. The van der Waals surface area contributed by atoms with E-state index in [1.807, 2.05) is 6.07 Å². The highest BCUT2D eigenvalue weighted by atomic mass is 35.5. The van der Waals surface area contributed by atoms with Crippen molar-refractivity contribution in [3.63, 3.8) is 0 Å². The van der Waals surface area contributed by atoms with E-state index in [4.69, 9.17) is 0 Å². The Balaban J connectivity index is 0.000001000. The van der Waals surface area contributed by atoms with Gasteiger partial charge >= 0.3 is 0 Å². The number of hydrogen-bond donors (Lipinski definition) is 0. The summed E-state index contributed by atoms with van der Waals surface area (Å²) in [6.07, 6.45) is 0.000833. The van der Waals surface area contributed by atoms with Gasteiger partial charge in [-0.05, 0) is 5.56 Å². The van der Waals surface area contributed by atoms with Crippen LogP contribution in [0, 0.1) is 0 Å². The van der Waals surface area contributed by atoms with Gasteiger partial charge in [0.15, 0.2) is 0 Å². The molecule has 1 aromatic rings. The average Bonchev–Trinajstić information content (AvgIpc) is 1.88. The Morgan fingerprint density at radius 3 is 2.27 bits per heavy atom. The van der Waals surface area contributed by atoms with Crippen LogP contribution in [0.1, 0.15) is 5.56 Å². The quantitative estimate of drug-likeness (QED) is 0.474. The molecule has 0 aliphatic carbocycles. The molecule has 0 radical (unpaired) electrons. The Morgan fingerprint density at radius 1 is 1.27 bits per heavy atom. The maximum Gasteiger partial charge on any atom is 0.0458 e. The first-order chi connectivity index (χ1) is 4.79. The molecule has 1 aromatic carbocycles. The normalized spacial score (nSPS) is 8.36. The molecule has 0 atom stereocenters. The topological polar surface area (TPSA) is 40.1 Å². The van der Waals surface area contributed by atoms with Gasteiger partial charge in [-0.2, -0.15) is 0 Å². The Kier molecular flexibility index (Phi) is 4.30. The lowest BCUT2D eigenvalue weighted by Gasteiger charge is -1.99. The van der Waals surface area contributed by atoms with E-state index >= 15 is 0 Å². The van der Waals surface area contributed by atoms with Crippen LogP contribution in [0.5, 0.6) is 0 Å². The molecule has 0 aliphatic heterocycles. The number of carboxylic acids is 1. The molecule has 2 nitrogen and oxygen atoms in total. The number of aliphatic carboxylic acids is 1. The highest BCUT2D eigenvalue weighted by Crippen LogP contribution is 1.97. The third kappa shape index (κ3) is 3.63. The van der Waals surface area contributed by atoms with E-state index in [9.17, 15) is 9.90 Å². The lowest BCUT2D eigenvalue weighted by molar-refractivity contribution is -0.304. The van der Waals surface area contributed by atoms with Crippen LogP contribution in [0.3, 0.4) is 0 Å². The van der Waals surface area contributed by atoms with Gasteiger partial charge in [0.25, 0.3) is 0 Å². The Hall–Kier alpha value is -1.02. The maximum atomic E-state index is 10.1. The maximum absolute atomic E-state index is 10.1. The zero-order valence-corrected chi connectivity index (χ0v) is 6.54. The van der Waals surface area contributed by atoms with Crippen molar-refractivity contribution < 1.29 is 22.3 Å². The van der Waals surface area contributed by atoms with Gasteiger partial charge in [0, 0.05) is 12.4 Å². The smallest absolute Gasteiger partial charge is 0.0458 e. The lowest BCUT2D eigenvalue weighted by atomic mass is 10.2. The fourth-order valence-electron chi connectivity index (χ4n) is 0.763. The minimum atomic E-state index is -1.04. The number of halogens is 1. The fraction of sp³-hybridized carbons (Fsp3) is 0.125. The van der Waals surface area contributed by atoms with Crippen LogP contribution in [0.25, 0.3) is 0 Å². The minimum absolute atomic E-state index is 0. The highest BCUT2D eigenvalue weighted by Gasteiger charge is 1.88. The van der Waals surface area contributed by atoms with Gasteiger partial charge in [-0.1, -0.05) is 30.3 Å². The van der Waals surface area contributed by atoms with Crippen molar-refractivity contribution >= 4 is 5.97 Å². The molecule has 1 rings (SSSR count). The van der Waals surface area contributed by atoms with Gasteiger partial charge < -0.3 is 22.3 Å². The monoisotopic (exact) mass is 170 g/mol. The molecule has 0 bridgehead atoms. The van der Waals surface area contributed by atoms with Crippen LogP contribution >= 0.6 is 0 Å². The second-order valence-electron chi connectivity index (χ2n) is 2.03. The van der Waals surface area contributed by atoms with Crippen molar-refractivity contribution in [2.45, 2.75) is 6.42 Å². The summed E-state index contributed by atoms with van der Waals surface area (Å²) in [5, 5.41) is 10.1. The van der Waals surface area contributed by atoms with Crippen LogP contribution < -0.4 is 17.5 Å². The Labute approximate surface area is 71.3 Å². The van der Waals surface area contributed by atoms with Crippen LogP contribution in [-0.2, 0) is 11.2 Å². The van der Waals surface area contributed by atoms with Gasteiger partial charge in [-0.25, -0.2) is 0 Å². The zero-order chi connectivity index (χ0) is 7.40. The molecule has 0 amide bonds. The van der Waals surface area contributed by atoms with E-state index in [-0.39, 0.29) is 18.8 Å². The summed E-state index contributed by atoms with van der Waals surface area (Å²) in [5.41, 5.74) is 0.780. The summed E-state index contributed by atoms with van der Waals surface area (Å²) in [7, 11) is 0. The molecule has 0 aliphatic rings. The summed E-state index contributed by atoms with van der Waals surface area (Å²) in [4.78, 5) is 10.1. The van der Waals surface area contributed by atoms with Crippen LogP contribution in [0.15, 0.2) is 30.3 Å². The lowest BCUT2D eigenvalue weighted by Crippen LogP contribution is -3.00. The van der Waals surface area contributed by atoms with E-state index in [1.54, 1.807) is 24.3 Å². The Bertz CT molecular complexity index is 221. The predicted molar refractivity (Wildman–Crippen MR) is 35.2 cm³/mol. The molecule has 0 spiro atoms. The van der Waals surface area contributed by atoms with Crippen molar-refractivity contribution in [3.05, 3.63) is 35.9 Å². The molecule has 0 unspecified atom stereocenters. The van der Waals surface area contributed by atoms with Crippen molar-refractivity contribution in [1.82, 2.24) is 0 Å². The molecular formula is C8H7ClO2-2.